The van der Waals surface area contributed by atoms with E-state index in [0.717, 1.165) is 0 Å². The third-order valence-corrected chi connectivity index (χ3v) is 0.758. The van der Waals surface area contributed by atoms with Crippen molar-refractivity contribution in [2.75, 3.05) is 6.61 Å². The highest BCUT2D eigenvalue weighted by Crippen LogP contribution is 1.93. The number of carbonyl (C=O) groups excluding carboxylic acids is 1. The second kappa shape index (κ2) is 9.69. The molecule has 0 atom stereocenters. The van der Waals surface area contributed by atoms with Crippen LogP contribution in [0.2, 0.25) is 0 Å². The third-order valence-electron chi connectivity index (χ3n) is 0.758. The van der Waals surface area contributed by atoms with Crippen LogP contribution in [0.4, 0.5) is 0 Å². The molecule has 0 aromatic carbocycles. The van der Waals surface area contributed by atoms with Gasteiger partial charge in [-0.15, -0.1) is 0 Å². The maximum atomic E-state index is 10.5. The molecule has 0 bridgehead atoms. The topological polar surface area (TPSA) is 26.3 Å². The van der Waals surface area contributed by atoms with Gasteiger partial charge in [-0.25, -0.2) is 0 Å². The van der Waals surface area contributed by atoms with Crippen LogP contribution in [0.25, 0.3) is 0 Å². The predicted octanol–water partition coefficient (Wildman–Crippen LogP) is 2.22. The van der Waals surface area contributed by atoms with Crippen LogP contribution in [-0.4, -0.2) is 16.9 Å². The van der Waals surface area contributed by atoms with Crippen LogP contribution in [0, 0.1) is 5.92 Å². The highest BCUT2D eigenvalue weighted by molar-refractivity contribution is 7.93. The Hall–Kier alpha value is -0.310. The molecule has 0 aliphatic carbocycles. The van der Waals surface area contributed by atoms with Crippen molar-refractivity contribution >= 4 is 34.7 Å². The zero-order valence-electron chi connectivity index (χ0n) is 6.92. The number of hydrogen-bond acceptors (Lipinski definition) is 4. The smallest absolute Gasteiger partial charge is 0.308 e. The Balaban J connectivity index is 0. The fourth-order valence-corrected chi connectivity index (χ4v) is 0.309. The number of rotatable bonds is 2. The molecule has 0 aliphatic rings. The lowest BCUT2D eigenvalue weighted by atomic mass is 10.2. The number of ether oxygens (including phenoxy) is 1. The zero-order chi connectivity index (χ0) is 9.28. The molecule has 0 radical (unpaired) electrons. The van der Waals surface area contributed by atoms with Crippen molar-refractivity contribution in [3.05, 3.63) is 0 Å². The summed E-state index contributed by atoms with van der Waals surface area (Å²) in [5.41, 5.74) is 0. The number of esters is 1. The van der Waals surface area contributed by atoms with E-state index in [1.807, 2.05) is 18.2 Å². The molecule has 11 heavy (non-hydrogen) atoms. The monoisotopic (exact) mass is 192 g/mol. The summed E-state index contributed by atoms with van der Waals surface area (Å²) in [6, 6.07) is 0. The van der Waals surface area contributed by atoms with Crippen molar-refractivity contribution in [3.8, 4) is 0 Å². The number of thiocarbonyl (C=S) groups is 2. The minimum absolute atomic E-state index is 0.00921. The van der Waals surface area contributed by atoms with Crippen molar-refractivity contribution < 1.29 is 9.53 Å². The lowest BCUT2D eigenvalue weighted by Gasteiger charge is -2.01. The van der Waals surface area contributed by atoms with E-state index in [2.05, 4.69) is 29.2 Å². The van der Waals surface area contributed by atoms with Gasteiger partial charge in [-0.3, -0.25) is 4.79 Å². The summed E-state index contributed by atoms with van der Waals surface area (Å²) in [6.07, 6.45) is 0. The van der Waals surface area contributed by atoms with E-state index in [4.69, 9.17) is 0 Å². The van der Waals surface area contributed by atoms with Gasteiger partial charge in [-0.2, -0.15) is 0 Å². The molecule has 0 N–H and O–H groups in total. The van der Waals surface area contributed by atoms with Crippen molar-refractivity contribution in [1.29, 1.82) is 0 Å². The van der Waals surface area contributed by atoms with Gasteiger partial charge >= 0.3 is 5.97 Å². The van der Waals surface area contributed by atoms with Gasteiger partial charge in [-0.05, 0) is 31.4 Å². The molecule has 2 nitrogen and oxygen atoms in total. The largest absolute Gasteiger partial charge is 0.466 e. The first kappa shape index (κ1) is 13.3. The molecule has 0 amide bonds. The number of hydrogen-bond donors (Lipinski definition) is 0. The quantitative estimate of drug-likeness (QED) is 0.495. The summed E-state index contributed by atoms with van der Waals surface area (Å²) in [5, 5.41) is 0. The van der Waals surface area contributed by atoms with E-state index in [9.17, 15) is 4.79 Å². The van der Waals surface area contributed by atoms with E-state index in [0.29, 0.717) is 6.61 Å². The van der Waals surface area contributed by atoms with Crippen LogP contribution < -0.4 is 0 Å². The van der Waals surface area contributed by atoms with E-state index in [1.165, 1.54) is 0 Å². The van der Waals surface area contributed by atoms with Crippen molar-refractivity contribution in [1.82, 2.24) is 0 Å². The van der Waals surface area contributed by atoms with E-state index >= 15 is 0 Å². The summed E-state index contributed by atoms with van der Waals surface area (Å²) in [6.45, 7) is 5.92. The Kier molecular flexibility index (Phi) is 11.7. The molecule has 0 fully saturated rings. The number of carbonyl (C=O) groups is 1. The summed E-state index contributed by atoms with van der Waals surface area (Å²) in [7, 11) is 0. The Bertz CT molecular complexity index is 137. The first-order chi connectivity index (χ1) is 5.09. The van der Waals surface area contributed by atoms with Crippen LogP contribution in [0.1, 0.15) is 20.8 Å². The Labute approximate surface area is 77.9 Å². The Morgan fingerprint density at radius 2 is 1.91 bits per heavy atom. The molecule has 0 saturated carbocycles. The summed E-state index contributed by atoms with van der Waals surface area (Å²) >= 11 is 7.92. The molecular weight excluding hydrogens is 180 g/mol. The minimum Gasteiger partial charge on any atom is -0.466 e. The molecule has 0 aromatic heterocycles. The summed E-state index contributed by atoms with van der Waals surface area (Å²) in [5.74, 6) is -0.109. The Morgan fingerprint density at radius 3 is 2.00 bits per heavy atom. The minimum atomic E-state index is -0.118. The molecular formula is C7H12O2S2. The van der Waals surface area contributed by atoms with Gasteiger partial charge in [0.05, 0.1) is 12.5 Å². The molecule has 4 heteroatoms. The fraction of sp³-hybridized carbons (Fsp3) is 0.714. The summed E-state index contributed by atoms with van der Waals surface area (Å²) < 4.78 is 6.58. The average molecular weight is 192 g/mol. The van der Waals surface area contributed by atoms with Gasteiger partial charge in [-0.1, -0.05) is 13.8 Å². The van der Waals surface area contributed by atoms with Crippen LogP contribution in [0.5, 0.6) is 0 Å². The molecule has 64 valence electrons. The second-order valence-corrected chi connectivity index (χ2v) is 2.66. The zero-order valence-corrected chi connectivity index (χ0v) is 8.55. The first-order valence-corrected chi connectivity index (χ1v) is 4.07. The van der Waals surface area contributed by atoms with Gasteiger partial charge in [0.15, 0.2) is 0 Å². The summed E-state index contributed by atoms with van der Waals surface area (Å²) in [4.78, 5) is 10.5. The van der Waals surface area contributed by atoms with Gasteiger partial charge < -0.3 is 4.74 Å². The highest BCUT2D eigenvalue weighted by atomic mass is 32.1. The molecule has 0 aromatic rings. The van der Waals surface area contributed by atoms with Crippen LogP contribution in [0.15, 0.2) is 0 Å². The van der Waals surface area contributed by atoms with E-state index < -0.39 is 0 Å². The van der Waals surface area contributed by atoms with Crippen LogP contribution in [-0.2, 0) is 9.53 Å². The van der Waals surface area contributed by atoms with Gasteiger partial charge in [0.2, 0.25) is 0 Å². The molecule has 0 heterocycles. The molecule has 0 unspecified atom stereocenters. The SMILES string of the molecule is CCOC(=O)C(C)C.S=C=S. The van der Waals surface area contributed by atoms with Crippen LogP contribution >= 0.6 is 24.4 Å². The van der Waals surface area contributed by atoms with Gasteiger partial charge in [0.1, 0.15) is 0 Å². The maximum absolute atomic E-state index is 10.5. The lowest BCUT2D eigenvalue weighted by Crippen LogP contribution is -2.10. The Morgan fingerprint density at radius 1 is 1.55 bits per heavy atom. The maximum Gasteiger partial charge on any atom is 0.308 e. The predicted molar refractivity (Wildman–Crippen MR) is 51.7 cm³/mol. The standard InChI is InChI=1S/C6H12O2.CS2/c1-4-8-6(7)5(2)3;2-1-3/h5H,4H2,1-3H3;. The van der Waals surface area contributed by atoms with Crippen molar-refractivity contribution in [2.24, 2.45) is 5.92 Å². The molecule has 0 rings (SSSR count). The molecule has 0 saturated heterocycles. The normalized spacial score (nSPS) is 7.64. The average Bonchev–Trinajstić information content (AvgIpc) is 1.90. The van der Waals surface area contributed by atoms with Crippen molar-refractivity contribution in [2.45, 2.75) is 20.8 Å². The van der Waals surface area contributed by atoms with E-state index in [1.54, 1.807) is 6.92 Å². The first-order valence-electron chi connectivity index (χ1n) is 3.26. The van der Waals surface area contributed by atoms with E-state index in [-0.39, 0.29) is 11.9 Å². The third kappa shape index (κ3) is 12.8. The highest BCUT2D eigenvalue weighted by Gasteiger charge is 2.04. The molecule has 0 spiro atoms. The fourth-order valence-electron chi connectivity index (χ4n) is 0.309. The molecule has 0 aliphatic heterocycles. The van der Waals surface area contributed by atoms with Gasteiger partial charge in [0, 0.05) is 4.31 Å². The lowest BCUT2D eigenvalue weighted by molar-refractivity contribution is -0.146. The van der Waals surface area contributed by atoms with Gasteiger partial charge in [0.25, 0.3) is 0 Å². The van der Waals surface area contributed by atoms with Crippen molar-refractivity contribution in [3.63, 3.8) is 0 Å². The van der Waals surface area contributed by atoms with Crippen LogP contribution in [0.3, 0.4) is 0 Å². The second-order valence-electron chi connectivity index (χ2n) is 1.99.